The first-order valence-corrected chi connectivity index (χ1v) is 11.4. The topological polar surface area (TPSA) is 194 Å². The van der Waals surface area contributed by atoms with Crippen molar-refractivity contribution in [2.75, 3.05) is 6.54 Å². The molecule has 0 bridgehead atoms. The van der Waals surface area contributed by atoms with Crippen LogP contribution in [0.4, 0.5) is 0 Å². The lowest BCUT2D eigenvalue weighted by atomic mass is 10.0. The van der Waals surface area contributed by atoms with Crippen molar-refractivity contribution < 1.29 is 29.1 Å². The van der Waals surface area contributed by atoms with Crippen molar-refractivity contribution in [1.29, 1.82) is 0 Å². The summed E-state index contributed by atoms with van der Waals surface area (Å²) in [6.45, 7) is -0.666. The van der Waals surface area contributed by atoms with Gasteiger partial charge in [0.2, 0.25) is 23.6 Å². The summed E-state index contributed by atoms with van der Waals surface area (Å²) in [6.07, 6.45) is -0.00388. The number of carboxylic acids is 1. The molecule has 0 radical (unpaired) electrons. The highest BCUT2D eigenvalue weighted by Gasteiger charge is 2.29. The van der Waals surface area contributed by atoms with Gasteiger partial charge in [0.25, 0.3) is 0 Å². The molecule has 0 aliphatic heterocycles. The molecule has 11 heteroatoms. The molecule has 0 heterocycles. The minimum Gasteiger partial charge on any atom is -0.480 e. The van der Waals surface area contributed by atoms with Crippen LogP contribution < -0.4 is 27.4 Å². The van der Waals surface area contributed by atoms with Crippen LogP contribution in [0.25, 0.3) is 0 Å². The van der Waals surface area contributed by atoms with Crippen molar-refractivity contribution in [3.8, 4) is 0 Å². The zero-order valence-electron chi connectivity index (χ0n) is 19.7. The van der Waals surface area contributed by atoms with E-state index in [4.69, 9.17) is 16.6 Å². The summed E-state index contributed by atoms with van der Waals surface area (Å²) < 4.78 is 0. The molecule has 0 aliphatic carbocycles. The molecule has 0 fully saturated rings. The van der Waals surface area contributed by atoms with E-state index in [9.17, 15) is 24.0 Å². The van der Waals surface area contributed by atoms with Crippen LogP contribution >= 0.6 is 0 Å². The number of primary amides is 1. The van der Waals surface area contributed by atoms with Crippen LogP contribution in [-0.2, 0) is 36.8 Å². The first kappa shape index (κ1) is 28.0. The Kier molecular flexibility index (Phi) is 11.1. The number of carbonyl (C=O) groups is 5. The van der Waals surface area contributed by atoms with Crippen LogP contribution in [-0.4, -0.2) is 59.4 Å². The van der Waals surface area contributed by atoms with Gasteiger partial charge in [0.15, 0.2) is 0 Å². The van der Waals surface area contributed by atoms with E-state index in [0.717, 1.165) is 11.1 Å². The quantitative estimate of drug-likeness (QED) is 0.197. The molecule has 192 valence electrons. The Labute approximate surface area is 208 Å². The third kappa shape index (κ3) is 9.94. The fourth-order valence-corrected chi connectivity index (χ4v) is 3.41. The van der Waals surface area contributed by atoms with E-state index in [-0.39, 0.29) is 25.7 Å². The first-order valence-electron chi connectivity index (χ1n) is 11.4. The zero-order valence-corrected chi connectivity index (χ0v) is 19.7. The number of amides is 4. The average molecular weight is 498 g/mol. The van der Waals surface area contributed by atoms with Crippen LogP contribution in [0, 0.1) is 0 Å². The molecule has 3 atom stereocenters. The van der Waals surface area contributed by atoms with Gasteiger partial charge in [0.1, 0.15) is 18.6 Å². The SMILES string of the molecule is NC(=O)CCC(NC(=O)C(Cc1ccccc1)NC(=O)C(N)Cc1ccccc1)C(=O)NCC(=O)O. The molecule has 8 N–H and O–H groups in total. The van der Waals surface area contributed by atoms with Crippen molar-refractivity contribution in [3.63, 3.8) is 0 Å². The van der Waals surface area contributed by atoms with Crippen molar-refractivity contribution >= 4 is 29.6 Å². The molecular formula is C25H31N5O6. The van der Waals surface area contributed by atoms with Gasteiger partial charge in [-0.2, -0.15) is 0 Å². The maximum atomic E-state index is 13.2. The largest absolute Gasteiger partial charge is 0.480 e. The second kappa shape index (κ2) is 14.2. The van der Waals surface area contributed by atoms with Gasteiger partial charge >= 0.3 is 5.97 Å². The highest BCUT2D eigenvalue weighted by molar-refractivity contribution is 5.94. The normalized spacial score (nSPS) is 13.0. The molecule has 2 aromatic rings. The van der Waals surface area contributed by atoms with Crippen LogP contribution in [0.1, 0.15) is 24.0 Å². The standard InChI is InChI=1S/C25H31N5O6/c26-18(13-16-7-3-1-4-8-16)23(34)30-20(14-17-9-5-2-6-10-17)25(36)29-19(11-12-21(27)31)24(35)28-15-22(32)33/h1-10,18-20H,11-15,26H2,(H2,27,31)(H,28,35)(H,29,36)(H,30,34)(H,32,33). The van der Waals surface area contributed by atoms with Crippen LogP contribution in [0.15, 0.2) is 60.7 Å². The highest BCUT2D eigenvalue weighted by Crippen LogP contribution is 2.07. The van der Waals surface area contributed by atoms with Crippen LogP contribution in [0.3, 0.4) is 0 Å². The number of hydrogen-bond donors (Lipinski definition) is 6. The predicted octanol–water partition coefficient (Wildman–Crippen LogP) is -0.765. The van der Waals surface area contributed by atoms with Gasteiger partial charge in [-0.15, -0.1) is 0 Å². The third-order valence-corrected chi connectivity index (χ3v) is 5.28. The summed E-state index contributed by atoms with van der Waals surface area (Å²) in [7, 11) is 0. The Bertz CT molecular complexity index is 1050. The number of nitrogens with one attached hydrogen (secondary N) is 3. The molecular weight excluding hydrogens is 466 g/mol. The number of carboxylic acid groups (broad SMARTS) is 1. The lowest BCUT2D eigenvalue weighted by Crippen LogP contribution is -2.57. The monoisotopic (exact) mass is 497 g/mol. The molecule has 3 unspecified atom stereocenters. The van der Waals surface area contributed by atoms with Crippen molar-refractivity contribution in [2.45, 2.75) is 43.8 Å². The molecule has 4 amide bonds. The summed E-state index contributed by atoms with van der Waals surface area (Å²) in [6, 6.07) is 14.8. The molecule has 36 heavy (non-hydrogen) atoms. The molecule has 2 aromatic carbocycles. The Hall–Kier alpha value is -4.25. The van der Waals surface area contributed by atoms with E-state index in [1.807, 2.05) is 30.3 Å². The number of hydrogen-bond acceptors (Lipinski definition) is 6. The van der Waals surface area contributed by atoms with E-state index in [1.54, 1.807) is 30.3 Å². The summed E-state index contributed by atoms with van der Waals surface area (Å²) in [4.78, 5) is 60.5. The number of aliphatic carboxylic acids is 1. The molecule has 0 aromatic heterocycles. The maximum absolute atomic E-state index is 13.2. The maximum Gasteiger partial charge on any atom is 0.322 e. The molecule has 0 aliphatic rings. The number of rotatable bonds is 14. The Morgan fingerprint density at radius 2 is 1.28 bits per heavy atom. The predicted molar refractivity (Wildman–Crippen MR) is 131 cm³/mol. The minimum atomic E-state index is -1.27. The summed E-state index contributed by atoms with van der Waals surface area (Å²) >= 11 is 0. The highest BCUT2D eigenvalue weighted by atomic mass is 16.4. The number of carbonyl (C=O) groups excluding carboxylic acids is 4. The van der Waals surface area contributed by atoms with Gasteiger partial charge in [0.05, 0.1) is 6.04 Å². The molecule has 0 saturated carbocycles. The lowest BCUT2D eigenvalue weighted by molar-refractivity contribution is -0.138. The summed E-state index contributed by atoms with van der Waals surface area (Å²) in [5.74, 6) is -4.01. The summed E-state index contributed by atoms with van der Waals surface area (Å²) in [5.41, 5.74) is 12.8. The van der Waals surface area contributed by atoms with Gasteiger partial charge in [-0.3, -0.25) is 24.0 Å². The summed E-state index contributed by atoms with van der Waals surface area (Å²) in [5, 5.41) is 16.1. The molecule has 2 rings (SSSR count). The van der Waals surface area contributed by atoms with E-state index in [0.29, 0.717) is 0 Å². The second-order valence-electron chi connectivity index (χ2n) is 8.22. The smallest absolute Gasteiger partial charge is 0.322 e. The molecule has 11 nitrogen and oxygen atoms in total. The Balaban J connectivity index is 2.16. The van der Waals surface area contributed by atoms with Crippen molar-refractivity contribution in [1.82, 2.24) is 16.0 Å². The fraction of sp³-hybridized carbons (Fsp3) is 0.320. The molecule has 0 spiro atoms. The first-order chi connectivity index (χ1) is 17.2. The van der Waals surface area contributed by atoms with Crippen LogP contribution in [0.2, 0.25) is 0 Å². The number of benzene rings is 2. The van der Waals surface area contributed by atoms with Gasteiger partial charge in [-0.05, 0) is 24.0 Å². The van der Waals surface area contributed by atoms with Crippen molar-refractivity contribution in [3.05, 3.63) is 71.8 Å². The minimum absolute atomic E-state index is 0.107. The average Bonchev–Trinajstić information content (AvgIpc) is 2.85. The molecule has 0 saturated heterocycles. The van der Waals surface area contributed by atoms with E-state index in [1.165, 1.54) is 0 Å². The van der Waals surface area contributed by atoms with Gasteiger partial charge < -0.3 is 32.5 Å². The number of nitrogens with two attached hydrogens (primary N) is 2. The van der Waals surface area contributed by atoms with E-state index in [2.05, 4.69) is 16.0 Å². The van der Waals surface area contributed by atoms with Gasteiger partial charge in [-0.25, -0.2) is 0 Å². The van der Waals surface area contributed by atoms with E-state index >= 15 is 0 Å². The van der Waals surface area contributed by atoms with Gasteiger partial charge in [-0.1, -0.05) is 60.7 Å². The fourth-order valence-electron chi connectivity index (χ4n) is 3.41. The lowest BCUT2D eigenvalue weighted by Gasteiger charge is -2.24. The van der Waals surface area contributed by atoms with Gasteiger partial charge in [0, 0.05) is 12.8 Å². The van der Waals surface area contributed by atoms with Crippen LogP contribution in [0.5, 0.6) is 0 Å². The van der Waals surface area contributed by atoms with E-state index < -0.39 is 54.3 Å². The zero-order chi connectivity index (χ0) is 26.5. The Morgan fingerprint density at radius 1 is 0.750 bits per heavy atom. The van der Waals surface area contributed by atoms with Crippen molar-refractivity contribution in [2.24, 2.45) is 11.5 Å². The Morgan fingerprint density at radius 3 is 1.81 bits per heavy atom. The second-order valence-corrected chi connectivity index (χ2v) is 8.22. The third-order valence-electron chi connectivity index (χ3n) is 5.28.